The van der Waals surface area contributed by atoms with Gasteiger partial charge in [-0.15, -0.1) is 12.4 Å². The topological polar surface area (TPSA) is 35.6 Å². The van der Waals surface area contributed by atoms with Crippen molar-refractivity contribution in [2.45, 2.75) is 18.9 Å². The Labute approximate surface area is 120 Å². The van der Waals surface area contributed by atoms with Gasteiger partial charge in [0.05, 0.1) is 0 Å². The Morgan fingerprint density at radius 3 is 2.72 bits per heavy atom. The van der Waals surface area contributed by atoms with Crippen molar-refractivity contribution in [3.05, 3.63) is 0 Å². The molecular weight excluding hydrogens is 270 g/mol. The number of thioether (sulfide) groups is 1. The van der Waals surface area contributed by atoms with E-state index in [-0.39, 0.29) is 12.4 Å². The van der Waals surface area contributed by atoms with Crippen molar-refractivity contribution >= 4 is 30.1 Å². The highest BCUT2D eigenvalue weighted by Gasteiger charge is 2.30. The van der Waals surface area contributed by atoms with E-state index in [9.17, 15) is 4.79 Å². The second kappa shape index (κ2) is 8.25. The van der Waals surface area contributed by atoms with E-state index in [1.165, 1.54) is 0 Å². The van der Waals surface area contributed by atoms with Crippen LogP contribution in [0.15, 0.2) is 0 Å². The lowest BCUT2D eigenvalue weighted by Gasteiger charge is -2.32. The van der Waals surface area contributed by atoms with Gasteiger partial charge in [0.1, 0.15) is 0 Å². The first-order valence-electron chi connectivity index (χ1n) is 6.52. The third-order valence-electron chi connectivity index (χ3n) is 3.70. The van der Waals surface area contributed by atoms with E-state index in [0.29, 0.717) is 18.4 Å². The first-order chi connectivity index (χ1) is 8.31. The molecule has 2 aliphatic rings. The Balaban J connectivity index is 0.00000162. The fraction of sp³-hybridized carbons (Fsp3) is 0.917. The van der Waals surface area contributed by atoms with E-state index in [1.807, 2.05) is 0 Å². The average molecular weight is 294 g/mol. The highest BCUT2D eigenvalue weighted by Crippen LogP contribution is 2.17. The molecule has 0 spiro atoms. The van der Waals surface area contributed by atoms with Crippen molar-refractivity contribution in [3.8, 4) is 0 Å². The Morgan fingerprint density at radius 1 is 1.33 bits per heavy atom. The molecule has 0 aromatic heterocycles. The molecule has 1 N–H and O–H groups in total. The number of hydrogen-bond donors (Lipinski definition) is 1. The number of likely N-dealkylation sites (tertiary alicyclic amines) is 1. The number of hydrogen-bond acceptors (Lipinski definition) is 4. The molecule has 2 heterocycles. The quantitative estimate of drug-likeness (QED) is 0.826. The maximum Gasteiger partial charge on any atom is 0.223 e. The van der Waals surface area contributed by atoms with Crippen LogP contribution in [-0.4, -0.2) is 73.0 Å². The van der Waals surface area contributed by atoms with E-state index >= 15 is 0 Å². The van der Waals surface area contributed by atoms with E-state index < -0.39 is 0 Å². The van der Waals surface area contributed by atoms with Crippen LogP contribution in [0.4, 0.5) is 0 Å². The van der Waals surface area contributed by atoms with Gasteiger partial charge in [0.25, 0.3) is 0 Å². The average Bonchev–Trinajstić information content (AvgIpc) is 2.86. The van der Waals surface area contributed by atoms with Crippen molar-refractivity contribution in [2.24, 2.45) is 0 Å². The summed E-state index contributed by atoms with van der Waals surface area (Å²) in [6, 6.07) is 0.607. The monoisotopic (exact) mass is 293 g/mol. The van der Waals surface area contributed by atoms with Gasteiger partial charge in [-0.1, -0.05) is 0 Å². The molecule has 0 radical (unpaired) electrons. The fourth-order valence-electron chi connectivity index (χ4n) is 2.66. The molecule has 4 nitrogen and oxygen atoms in total. The van der Waals surface area contributed by atoms with Crippen LogP contribution in [-0.2, 0) is 4.79 Å². The summed E-state index contributed by atoms with van der Waals surface area (Å²) in [5, 5.41) is 3.38. The molecule has 2 saturated heterocycles. The summed E-state index contributed by atoms with van der Waals surface area (Å²) in [5.41, 5.74) is 0. The van der Waals surface area contributed by atoms with Gasteiger partial charge in [-0.05, 0) is 12.7 Å². The van der Waals surface area contributed by atoms with Crippen LogP contribution in [0.25, 0.3) is 0 Å². The Hall–Kier alpha value is 0.0300. The number of carbonyl (C=O) groups excluding carboxylic acids is 1. The number of rotatable bonds is 4. The lowest BCUT2D eigenvalue weighted by molar-refractivity contribution is -0.129. The maximum atomic E-state index is 11.9. The Morgan fingerprint density at radius 2 is 2.06 bits per heavy atom. The van der Waals surface area contributed by atoms with Crippen LogP contribution in [0.5, 0.6) is 0 Å². The van der Waals surface area contributed by atoms with Crippen molar-refractivity contribution in [3.63, 3.8) is 0 Å². The van der Waals surface area contributed by atoms with Crippen molar-refractivity contribution in [2.75, 3.05) is 51.3 Å². The predicted molar refractivity (Wildman–Crippen MR) is 79.7 cm³/mol. The molecule has 1 atom stereocenters. The first kappa shape index (κ1) is 16.1. The summed E-state index contributed by atoms with van der Waals surface area (Å²) in [6.07, 6.45) is 3.92. The second-order valence-corrected chi connectivity index (χ2v) is 5.80. The molecule has 1 unspecified atom stereocenters. The number of halogens is 1. The minimum Gasteiger partial charge on any atom is -0.341 e. The van der Waals surface area contributed by atoms with Crippen LogP contribution in [0.2, 0.25) is 0 Å². The fourth-order valence-corrected chi connectivity index (χ4v) is 3.04. The van der Waals surface area contributed by atoms with Crippen molar-refractivity contribution in [1.29, 1.82) is 0 Å². The van der Waals surface area contributed by atoms with E-state index in [1.54, 1.807) is 11.8 Å². The van der Waals surface area contributed by atoms with Crippen LogP contribution < -0.4 is 5.32 Å². The zero-order valence-electron chi connectivity index (χ0n) is 11.1. The van der Waals surface area contributed by atoms with Gasteiger partial charge in [-0.2, -0.15) is 11.8 Å². The smallest absolute Gasteiger partial charge is 0.223 e. The molecule has 0 aromatic rings. The van der Waals surface area contributed by atoms with Crippen molar-refractivity contribution in [1.82, 2.24) is 15.1 Å². The van der Waals surface area contributed by atoms with Gasteiger partial charge < -0.3 is 10.2 Å². The number of piperazine rings is 1. The second-order valence-electron chi connectivity index (χ2n) is 4.81. The number of amides is 1. The highest BCUT2D eigenvalue weighted by atomic mass is 35.5. The van der Waals surface area contributed by atoms with Crippen LogP contribution in [0.1, 0.15) is 12.8 Å². The Bertz CT molecular complexity index is 262. The zero-order valence-corrected chi connectivity index (χ0v) is 12.7. The molecule has 0 saturated carbocycles. The molecular formula is C12H24ClN3OS. The molecule has 0 aromatic carbocycles. The summed E-state index contributed by atoms with van der Waals surface area (Å²) in [4.78, 5) is 16.5. The van der Waals surface area contributed by atoms with E-state index in [4.69, 9.17) is 0 Å². The van der Waals surface area contributed by atoms with Gasteiger partial charge >= 0.3 is 0 Å². The lowest BCUT2D eigenvalue weighted by atomic mass is 10.2. The SMILES string of the molecule is CSCCC(=O)N1CCC(N2CCNCC2)C1.Cl. The molecule has 1 amide bonds. The predicted octanol–water partition coefficient (Wildman–Crippen LogP) is 0.667. The molecule has 2 aliphatic heterocycles. The van der Waals surface area contributed by atoms with Crippen LogP contribution in [0.3, 0.4) is 0 Å². The summed E-state index contributed by atoms with van der Waals surface area (Å²) < 4.78 is 0. The molecule has 0 aliphatic carbocycles. The molecule has 2 rings (SSSR count). The molecule has 18 heavy (non-hydrogen) atoms. The highest BCUT2D eigenvalue weighted by molar-refractivity contribution is 7.98. The molecule has 2 fully saturated rings. The number of nitrogens with one attached hydrogen (secondary N) is 1. The van der Waals surface area contributed by atoms with Crippen molar-refractivity contribution < 1.29 is 4.79 Å². The lowest BCUT2D eigenvalue weighted by Crippen LogP contribution is -2.49. The summed E-state index contributed by atoms with van der Waals surface area (Å²) in [6.45, 7) is 6.37. The van der Waals surface area contributed by atoms with E-state index in [2.05, 4.69) is 21.4 Å². The van der Waals surface area contributed by atoms with Gasteiger partial charge in [0.2, 0.25) is 5.91 Å². The largest absolute Gasteiger partial charge is 0.341 e. The number of carbonyl (C=O) groups is 1. The molecule has 0 bridgehead atoms. The standard InChI is InChI=1S/C12H23N3OS.ClH/c1-17-9-3-12(16)15-6-2-11(10-15)14-7-4-13-5-8-14;/h11,13H,2-10H2,1H3;1H. The van der Waals surface area contributed by atoms with Gasteiger partial charge in [-0.3, -0.25) is 9.69 Å². The zero-order chi connectivity index (χ0) is 12.1. The third kappa shape index (κ3) is 4.30. The molecule has 6 heteroatoms. The van der Waals surface area contributed by atoms with Gasteiger partial charge in [-0.25, -0.2) is 0 Å². The Kier molecular flexibility index (Phi) is 7.37. The summed E-state index contributed by atoms with van der Waals surface area (Å²) >= 11 is 1.75. The van der Waals surface area contributed by atoms with Crippen LogP contribution in [0, 0.1) is 0 Å². The third-order valence-corrected chi connectivity index (χ3v) is 4.32. The minimum absolute atomic E-state index is 0. The molecule has 106 valence electrons. The van der Waals surface area contributed by atoms with Gasteiger partial charge in [0, 0.05) is 57.5 Å². The normalized spacial score (nSPS) is 24.9. The minimum atomic E-state index is 0. The first-order valence-corrected chi connectivity index (χ1v) is 7.92. The van der Waals surface area contributed by atoms with Gasteiger partial charge in [0.15, 0.2) is 0 Å². The van der Waals surface area contributed by atoms with Crippen LogP contribution >= 0.6 is 24.2 Å². The summed E-state index contributed by atoms with van der Waals surface area (Å²) in [5.74, 6) is 1.30. The van der Waals surface area contributed by atoms with E-state index in [0.717, 1.165) is 51.4 Å². The number of nitrogens with zero attached hydrogens (tertiary/aromatic N) is 2. The summed E-state index contributed by atoms with van der Waals surface area (Å²) in [7, 11) is 0. The maximum absolute atomic E-state index is 11.9.